The summed E-state index contributed by atoms with van der Waals surface area (Å²) in [6.45, 7) is 2.48. The van der Waals surface area contributed by atoms with Gasteiger partial charge in [0.15, 0.2) is 10.9 Å². The summed E-state index contributed by atoms with van der Waals surface area (Å²) < 4.78 is 1.41. The van der Waals surface area contributed by atoms with Gasteiger partial charge in [0.2, 0.25) is 11.8 Å². The van der Waals surface area contributed by atoms with Gasteiger partial charge in [-0.25, -0.2) is 0 Å². The fraction of sp³-hybridized carbons (Fsp3) is 0.250. The Morgan fingerprint density at radius 3 is 1.90 bits per heavy atom. The maximum absolute atomic E-state index is 11.9. The van der Waals surface area contributed by atoms with E-state index >= 15 is 0 Å². The number of rotatable bonds is 3. The van der Waals surface area contributed by atoms with E-state index in [0.29, 0.717) is 22.7 Å². The summed E-state index contributed by atoms with van der Waals surface area (Å²) in [7, 11) is 0. The molecule has 108 valence electrons. The van der Waals surface area contributed by atoms with E-state index in [-0.39, 0.29) is 17.1 Å². The zero-order valence-electron chi connectivity index (χ0n) is 11.6. The molecule has 0 fully saturated rings. The van der Waals surface area contributed by atoms with Gasteiger partial charge in [0.1, 0.15) is 0 Å². The SMILES string of the molecule is CCCCn1c(O)c2ccc(=O)c3c(=O)ccc(c1O)c23. The molecule has 0 spiro atoms. The van der Waals surface area contributed by atoms with E-state index in [1.807, 2.05) is 6.92 Å². The van der Waals surface area contributed by atoms with Gasteiger partial charge in [-0.15, -0.1) is 0 Å². The molecular formula is C16H15NO4. The number of nitrogens with zero attached hydrogens (tertiary/aromatic N) is 1. The van der Waals surface area contributed by atoms with Gasteiger partial charge in [0, 0.05) is 22.7 Å². The van der Waals surface area contributed by atoms with Gasteiger partial charge in [-0.05, 0) is 30.7 Å². The van der Waals surface area contributed by atoms with E-state index in [0.717, 1.165) is 12.8 Å². The minimum Gasteiger partial charge on any atom is -0.494 e. The molecule has 0 aliphatic carbocycles. The van der Waals surface area contributed by atoms with Crippen LogP contribution in [0.4, 0.5) is 0 Å². The van der Waals surface area contributed by atoms with Crippen molar-refractivity contribution < 1.29 is 10.2 Å². The Morgan fingerprint density at radius 2 is 1.43 bits per heavy atom. The fourth-order valence-electron chi connectivity index (χ4n) is 2.73. The van der Waals surface area contributed by atoms with Crippen LogP contribution < -0.4 is 10.9 Å². The second-order valence-corrected chi connectivity index (χ2v) is 5.12. The molecule has 0 atom stereocenters. The Hall–Kier alpha value is -2.56. The lowest BCUT2D eigenvalue weighted by Gasteiger charge is -2.16. The lowest BCUT2D eigenvalue weighted by Crippen LogP contribution is -2.13. The van der Waals surface area contributed by atoms with Crippen molar-refractivity contribution in [1.82, 2.24) is 4.57 Å². The second-order valence-electron chi connectivity index (χ2n) is 5.12. The van der Waals surface area contributed by atoms with Gasteiger partial charge in [0.05, 0.1) is 5.39 Å². The Labute approximate surface area is 120 Å². The standard InChI is InChI=1S/C16H15NO4/c1-2-3-8-17-15(20)9-4-6-11(18)14-12(19)7-5-10(13(9)14)16(17)21/h4-7,20-21H,2-3,8H2,1H3. The Morgan fingerprint density at radius 1 is 0.905 bits per heavy atom. The summed E-state index contributed by atoms with van der Waals surface area (Å²) in [5.74, 6) is -0.242. The van der Waals surface area contributed by atoms with Crippen LogP contribution in [-0.4, -0.2) is 14.8 Å². The Bertz CT molecular complexity index is 874. The summed E-state index contributed by atoms with van der Waals surface area (Å²) in [6, 6.07) is 5.54. The van der Waals surface area contributed by atoms with E-state index in [1.165, 1.54) is 28.8 Å². The van der Waals surface area contributed by atoms with Gasteiger partial charge in [0.25, 0.3) is 0 Å². The van der Waals surface area contributed by atoms with E-state index in [1.54, 1.807) is 0 Å². The quantitative estimate of drug-likeness (QED) is 0.773. The zero-order chi connectivity index (χ0) is 15.1. The van der Waals surface area contributed by atoms with Gasteiger partial charge < -0.3 is 10.2 Å². The number of hydrogen-bond acceptors (Lipinski definition) is 4. The first kappa shape index (κ1) is 13.4. The third-order valence-corrected chi connectivity index (χ3v) is 3.81. The first-order chi connectivity index (χ1) is 10.1. The molecule has 2 aromatic carbocycles. The van der Waals surface area contributed by atoms with Crippen LogP contribution in [0.5, 0.6) is 11.8 Å². The van der Waals surface area contributed by atoms with Gasteiger partial charge in [-0.3, -0.25) is 14.2 Å². The molecule has 2 N–H and O–H groups in total. The Kier molecular flexibility index (Phi) is 3.05. The molecule has 1 aromatic heterocycles. The summed E-state index contributed by atoms with van der Waals surface area (Å²) >= 11 is 0. The molecule has 5 heteroatoms. The van der Waals surface area contributed by atoms with Crippen molar-refractivity contribution in [2.75, 3.05) is 0 Å². The highest BCUT2D eigenvalue weighted by Crippen LogP contribution is 2.36. The summed E-state index contributed by atoms with van der Waals surface area (Å²) in [5, 5.41) is 21.9. The predicted octanol–water partition coefficient (Wildman–Crippen LogP) is 2.16. The maximum Gasteiger partial charge on any atom is 0.201 e. The Balaban J connectivity index is 2.53. The summed E-state index contributed by atoms with van der Waals surface area (Å²) in [6.07, 6.45) is 1.71. The second kappa shape index (κ2) is 4.77. The molecule has 3 aromatic rings. The predicted molar refractivity (Wildman–Crippen MR) is 81.4 cm³/mol. The number of aromatic nitrogens is 1. The van der Waals surface area contributed by atoms with Crippen LogP contribution in [0.2, 0.25) is 0 Å². The molecule has 0 aliphatic heterocycles. The topological polar surface area (TPSA) is 79.5 Å². The monoisotopic (exact) mass is 285 g/mol. The van der Waals surface area contributed by atoms with Crippen LogP contribution in [-0.2, 0) is 6.54 Å². The third kappa shape index (κ3) is 1.85. The van der Waals surface area contributed by atoms with Crippen LogP contribution in [0.1, 0.15) is 19.8 Å². The highest BCUT2D eigenvalue weighted by atomic mass is 16.3. The molecule has 0 amide bonds. The molecule has 0 radical (unpaired) electrons. The van der Waals surface area contributed by atoms with Crippen molar-refractivity contribution in [3.63, 3.8) is 0 Å². The summed E-state index contributed by atoms with van der Waals surface area (Å²) in [5.41, 5.74) is -0.800. The molecule has 3 rings (SSSR count). The largest absolute Gasteiger partial charge is 0.494 e. The van der Waals surface area contributed by atoms with Crippen molar-refractivity contribution >= 4 is 21.5 Å². The van der Waals surface area contributed by atoms with Crippen molar-refractivity contribution in [2.24, 2.45) is 0 Å². The van der Waals surface area contributed by atoms with Crippen LogP contribution in [0.15, 0.2) is 33.9 Å². The van der Waals surface area contributed by atoms with Crippen LogP contribution in [0, 0.1) is 0 Å². The van der Waals surface area contributed by atoms with Crippen LogP contribution >= 0.6 is 0 Å². The number of unbranched alkanes of at least 4 members (excludes halogenated alkanes) is 1. The average molecular weight is 285 g/mol. The van der Waals surface area contributed by atoms with E-state index in [2.05, 4.69) is 0 Å². The van der Waals surface area contributed by atoms with E-state index in [4.69, 9.17) is 0 Å². The molecule has 0 bridgehead atoms. The number of pyridine rings is 1. The third-order valence-electron chi connectivity index (χ3n) is 3.81. The molecule has 5 nitrogen and oxygen atoms in total. The molecule has 21 heavy (non-hydrogen) atoms. The van der Waals surface area contributed by atoms with Crippen molar-refractivity contribution in [1.29, 1.82) is 0 Å². The lowest BCUT2D eigenvalue weighted by molar-refractivity contribution is 0.361. The minimum absolute atomic E-state index is 0.0123. The molecular weight excluding hydrogens is 270 g/mol. The number of aromatic hydroxyl groups is 2. The number of hydrogen-bond donors (Lipinski definition) is 2. The van der Waals surface area contributed by atoms with Crippen LogP contribution in [0.25, 0.3) is 21.5 Å². The normalized spacial score (nSPS) is 11.5. The van der Waals surface area contributed by atoms with Crippen LogP contribution in [0.3, 0.4) is 0 Å². The summed E-state index contributed by atoms with van der Waals surface area (Å²) in [4.78, 5) is 23.8. The van der Waals surface area contributed by atoms with E-state index in [9.17, 15) is 19.8 Å². The lowest BCUT2D eigenvalue weighted by atomic mass is 10.0. The van der Waals surface area contributed by atoms with Gasteiger partial charge in [-0.2, -0.15) is 0 Å². The molecule has 0 unspecified atom stereocenters. The fourth-order valence-corrected chi connectivity index (χ4v) is 2.73. The first-order valence-corrected chi connectivity index (χ1v) is 6.90. The molecule has 0 saturated heterocycles. The minimum atomic E-state index is -0.400. The average Bonchev–Trinajstić information content (AvgIpc) is 2.46. The first-order valence-electron chi connectivity index (χ1n) is 6.90. The van der Waals surface area contributed by atoms with Crippen molar-refractivity contribution in [3.8, 4) is 11.8 Å². The highest BCUT2D eigenvalue weighted by Gasteiger charge is 2.18. The van der Waals surface area contributed by atoms with Crippen molar-refractivity contribution in [3.05, 3.63) is 44.7 Å². The number of benzene rings is 2. The smallest absolute Gasteiger partial charge is 0.201 e. The van der Waals surface area contributed by atoms with Crippen molar-refractivity contribution in [2.45, 2.75) is 26.3 Å². The molecule has 0 aliphatic rings. The zero-order valence-corrected chi connectivity index (χ0v) is 11.6. The highest BCUT2D eigenvalue weighted by molar-refractivity contribution is 6.13. The van der Waals surface area contributed by atoms with Gasteiger partial charge in [-0.1, -0.05) is 13.3 Å². The van der Waals surface area contributed by atoms with E-state index < -0.39 is 10.9 Å². The maximum atomic E-state index is 11.9. The van der Waals surface area contributed by atoms with Gasteiger partial charge >= 0.3 is 0 Å². The molecule has 0 saturated carbocycles. The molecule has 1 heterocycles.